The summed E-state index contributed by atoms with van der Waals surface area (Å²) in [6.07, 6.45) is -1.05. The highest BCUT2D eigenvalue weighted by Crippen LogP contribution is 2.33. The van der Waals surface area contributed by atoms with E-state index < -0.39 is 34.4 Å². The fourth-order valence-electron chi connectivity index (χ4n) is 6.23. The molecule has 5 unspecified atom stereocenters. The molecule has 1 amide bonds. The molecular formula is C34H46N4O8S. The number of nitrogens with zero attached hydrogens (tertiary/aromatic N) is 2. The lowest BCUT2D eigenvalue weighted by Gasteiger charge is -2.31. The molecule has 0 spiro atoms. The van der Waals surface area contributed by atoms with Crippen LogP contribution in [-0.4, -0.2) is 97.1 Å². The van der Waals surface area contributed by atoms with Gasteiger partial charge in [0, 0.05) is 36.2 Å². The minimum absolute atomic E-state index is 0.0166. The van der Waals surface area contributed by atoms with Crippen LogP contribution in [0.15, 0.2) is 58.4 Å². The van der Waals surface area contributed by atoms with Crippen LogP contribution in [0.5, 0.6) is 5.88 Å². The minimum atomic E-state index is -4.13. The summed E-state index contributed by atoms with van der Waals surface area (Å²) in [6, 6.07) is 13.1. The number of hydrogen-bond acceptors (Lipinski definition) is 9. The third-order valence-corrected chi connectivity index (χ3v) is 10.4. The normalized spacial score (nSPS) is 21.3. The monoisotopic (exact) mass is 670 g/mol. The number of aromatic amines is 1. The zero-order valence-corrected chi connectivity index (χ0v) is 28.2. The van der Waals surface area contributed by atoms with Gasteiger partial charge in [-0.25, -0.2) is 13.2 Å². The molecule has 5 rings (SSSR count). The van der Waals surface area contributed by atoms with Gasteiger partial charge in [0.1, 0.15) is 6.10 Å². The first-order valence-corrected chi connectivity index (χ1v) is 17.7. The van der Waals surface area contributed by atoms with Gasteiger partial charge < -0.3 is 34.7 Å². The molecule has 2 aromatic carbocycles. The number of alkyl carbamates (subject to hydrolysis) is 1. The highest BCUT2D eigenvalue weighted by Gasteiger charge is 2.44. The summed E-state index contributed by atoms with van der Waals surface area (Å²) >= 11 is 0. The minimum Gasteiger partial charge on any atom is -0.494 e. The number of rotatable bonds is 14. The predicted octanol–water partition coefficient (Wildman–Crippen LogP) is 4.20. The quantitative estimate of drug-likeness (QED) is 0.186. The number of sulfonamides is 1. The van der Waals surface area contributed by atoms with E-state index >= 15 is 0 Å². The predicted molar refractivity (Wildman–Crippen MR) is 178 cm³/mol. The lowest BCUT2D eigenvalue weighted by molar-refractivity contribution is -0.0907. The molecule has 5 atom stereocenters. The van der Waals surface area contributed by atoms with Gasteiger partial charge in [0.05, 0.1) is 41.7 Å². The number of aromatic nitrogens is 1. The Bertz CT molecular complexity index is 1660. The summed E-state index contributed by atoms with van der Waals surface area (Å²) < 4.78 is 46.5. The number of hydrogen-bond donors (Lipinski definition) is 4. The molecule has 2 saturated heterocycles. The molecule has 4 N–H and O–H groups in total. The van der Waals surface area contributed by atoms with Crippen molar-refractivity contribution in [2.45, 2.75) is 76.4 Å². The first-order valence-electron chi connectivity index (χ1n) is 16.3. The van der Waals surface area contributed by atoms with E-state index in [1.165, 1.54) is 16.4 Å². The molecule has 1 aromatic heterocycles. The van der Waals surface area contributed by atoms with Crippen LogP contribution in [0.1, 0.15) is 51.7 Å². The zero-order chi connectivity index (χ0) is 33.7. The van der Waals surface area contributed by atoms with Crippen molar-refractivity contribution in [1.82, 2.24) is 14.6 Å². The molecule has 2 fully saturated rings. The maximum absolute atomic E-state index is 14.2. The Morgan fingerprint density at radius 1 is 1.17 bits per heavy atom. The molecule has 0 bridgehead atoms. The smallest absolute Gasteiger partial charge is 0.407 e. The second-order valence-corrected chi connectivity index (χ2v) is 14.7. The Morgan fingerprint density at radius 3 is 2.66 bits per heavy atom. The number of aliphatic hydroxyl groups is 1. The number of fused-ring (bicyclic) bond motifs is 2. The van der Waals surface area contributed by atoms with Crippen LogP contribution in [0.25, 0.3) is 10.9 Å². The van der Waals surface area contributed by atoms with Gasteiger partial charge in [0.15, 0.2) is 12.2 Å². The summed E-state index contributed by atoms with van der Waals surface area (Å²) in [7, 11) is -4.13. The molecule has 2 aliphatic heterocycles. The van der Waals surface area contributed by atoms with Crippen molar-refractivity contribution in [3.05, 3.63) is 59.7 Å². The number of aliphatic imine (C=N–C) groups is 1. The molecule has 13 heteroatoms. The molecule has 12 nitrogen and oxygen atoms in total. The largest absolute Gasteiger partial charge is 0.494 e. The van der Waals surface area contributed by atoms with Crippen LogP contribution < -0.4 is 5.32 Å². The molecule has 3 heterocycles. The second kappa shape index (κ2) is 15.2. The van der Waals surface area contributed by atoms with Gasteiger partial charge in [0.2, 0.25) is 10.0 Å². The van der Waals surface area contributed by atoms with Crippen molar-refractivity contribution in [3.63, 3.8) is 0 Å². The number of aliphatic hydroxyl groups excluding tert-OH is 1. The van der Waals surface area contributed by atoms with E-state index in [9.17, 15) is 23.4 Å². The third-order valence-electron chi connectivity index (χ3n) is 8.59. The van der Waals surface area contributed by atoms with Crippen LogP contribution in [0, 0.1) is 11.8 Å². The third kappa shape index (κ3) is 8.15. The lowest BCUT2D eigenvalue weighted by Crippen LogP contribution is -2.51. The Labute approximate surface area is 276 Å². The van der Waals surface area contributed by atoms with Crippen molar-refractivity contribution in [2.24, 2.45) is 16.8 Å². The first kappa shape index (κ1) is 34.8. The van der Waals surface area contributed by atoms with E-state index in [1.54, 1.807) is 13.0 Å². The maximum Gasteiger partial charge on any atom is 0.407 e. The summed E-state index contributed by atoms with van der Waals surface area (Å²) in [5.74, 6) is -0.194. The number of carbonyl (C=O) groups is 1. The number of ether oxygens (including phenoxy) is 3. The average Bonchev–Trinajstić information content (AvgIpc) is 3.74. The van der Waals surface area contributed by atoms with E-state index in [0.29, 0.717) is 35.3 Å². The molecule has 0 radical (unpaired) electrons. The number of H-pyrrole nitrogens is 1. The Hall–Kier alpha value is -3.49. The van der Waals surface area contributed by atoms with Crippen LogP contribution in [0.4, 0.5) is 4.79 Å². The number of aromatic hydroxyl groups is 1. The van der Waals surface area contributed by atoms with Gasteiger partial charge >= 0.3 is 6.09 Å². The highest BCUT2D eigenvalue weighted by atomic mass is 32.2. The number of nitrogens with one attached hydrogen (secondary N) is 2. The molecule has 2 aliphatic rings. The number of carbonyl (C=O) groups excluding carboxylic acids is 1. The average molecular weight is 671 g/mol. The maximum atomic E-state index is 14.2. The Morgan fingerprint density at radius 2 is 1.94 bits per heavy atom. The van der Waals surface area contributed by atoms with Crippen LogP contribution in [0.2, 0.25) is 0 Å². The van der Waals surface area contributed by atoms with Crippen molar-refractivity contribution in [2.75, 3.05) is 32.8 Å². The van der Waals surface area contributed by atoms with Gasteiger partial charge in [-0.2, -0.15) is 4.31 Å². The lowest BCUT2D eigenvalue weighted by atomic mass is 10.0. The van der Waals surface area contributed by atoms with Crippen LogP contribution in [0.3, 0.4) is 0 Å². The van der Waals surface area contributed by atoms with E-state index in [-0.39, 0.29) is 55.0 Å². The zero-order valence-electron chi connectivity index (χ0n) is 27.4. The van der Waals surface area contributed by atoms with Crippen LogP contribution >= 0.6 is 0 Å². The van der Waals surface area contributed by atoms with E-state index in [4.69, 9.17) is 14.2 Å². The molecule has 256 valence electrons. The standard InChI is InChI=1S/C34H46N4O8S/c1-5-14-35-22(4)31-26-17-24(11-12-27(26)36-32(31)40)47(42,43)38(18-21(2)3)19-29(39)28(16-23-9-7-6-8-10-23)37-34(41)46-30-20-45-33-25(30)13-15-44-33/h6-12,17,21,25,28-30,33,36,39-40H,5,13-16,18-20H2,1-4H3,(H,37,41). The van der Waals surface area contributed by atoms with E-state index in [0.717, 1.165) is 18.4 Å². The molecular weight excluding hydrogens is 624 g/mol. The van der Waals surface area contributed by atoms with Gasteiger partial charge in [-0.15, -0.1) is 0 Å². The van der Waals surface area contributed by atoms with Crippen molar-refractivity contribution in [1.29, 1.82) is 0 Å². The molecule has 0 saturated carbocycles. The topological polar surface area (TPSA) is 163 Å². The summed E-state index contributed by atoms with van der Waals surface area (Å²) in [5, 5.41) is 25.6. The SMILES string of the molecule is CCCN=C(C)c1c(O)[nH]c2ccc(S(=O)(=O)N(CC(C)C)CC(O)C(Cc3ccccc3)NC(=O)OC3COC4OCCC34)cc12. The highest BCUT2D eigenvalue weighted by molar-refractivity contribution is 7.89. The summed E-state index contributed by atoms with van der Waals surface area (Å²) in [6.45, 7) is 8.78. The van der Waals surface area contributed by atoms with Crippen LogP contribution in [-0.2, 0) is 30.7 Å². The van der Waals surface area contributed by atoms with Gasteiger partial charge in [0.25, 0.3) is 0 Å². The van der Waals surface area contributed by atoms with E-state index in [1.807, 2.05) is 51.1 Å². The Kier molecular flexibility index (Phi) is 11.2. The molecule has 47 heavy (non-hydrogen) atoms. The van der Waals surface area contributed by atoms with Crippen molar-refractivity contribution >= 4 is 32.7 Å². The summed E-state index contributed by atoms with van der Waals surface area (Å²) in [4.78, 5) is 20.6. The Balaban J connectivity index is 1.40. The van der Waals surface area contributed by atoms with Gasteiger partial charge in [-0.3, -0.25) is 4.99 Å². The first-order chi connectivity index (χ1) is 22.5. The fraction of sp³-hybridized carbons (Fsp3) is 0.529. The summed E-state index contributed by atoms with van der Waals surface area (Å²) in [5.41, 5.74) is 2.48. The molecule has 0 aliphatic carbocycles. The number of benzene rings is 2. The van der Waals surface area contributed by atoms with Gasteiger partial charge in [-0.05, 0) is 55.9 Å². The van der Waals surface area contributed by atoms with Crippen molar-refractivity contribution in [3.8, 4) is 5.88 Å². The van der Waals surface area contributed by atoms with E-state index in [2.05, 4.69) is 15.3 Å². The molecule has 3 aromatic rings. The van der Waals surface area contributed by atoms with Crippen molar-refractivity contribution < 1.29 is 37.6 Å². The number of amides is 1. The van der Waals surface area contributed by atoms with Gasteiger partial charge in [-0.1, -0.05) is 51.1 Å². The fourth-order valence-corrected chi connectivity index (χ4v) is 7.88. The second-order valence-electron chi connectivity index (χ2n) is 12.7.